The first-order chi connectivity index (χ1) is 12.5. The SMILES string of the molecule is C[C@]12C[C@H](CCOCCF)[C@@H]3c4ccc(O)cc4CC[C@H]3[C@@H]1CCC2O. The zero-order valence-corrected chi connectivity index (χ0v) is 15.7. The van der Waals surface area contributed by atoms with E-state index in [9.17, 15) is 14.6 Å². The van der Waals surface area contributed by atoms with Gasteiger partial charge in [0.1, 0.15) is 12.4 Å². The third-order valence-corrected chi connectivity index (χ3v) is 7.63. The lowest BCUT2D eigenvalue weighted by Gasteiger charge is -2.54. The van der Waals surface area contributed by atoms with E-state index < -0.39 is 6.67 Å². The predicted molar refractivity (Wildman–Crippen MR) is 99.0 cm³/mol. The molecule has 0 spiro atoms. The average molecular weight is 362 g/mol. The monoisotopic (exact) mass is 362 g/mol. The molecule has 3 aliphatic rings. The summed E-state index contributed by atoms with van der Waals surface area (Å²) < 4.78 is 17.8. The van der Waals surface area contributed by atoms with E-state index in [-0.39, 0.29) is 18.1 Å². The number of fused-ring (bicyclic) bond motifs is 5. The highest BCUT2D eigenvalue weighted by molar-refractivity contribution is 5.40. The number of benzene rings is 1. The number of alkyl halides is 1. The summed E-state index contributed by atoms with van der Waals surface area (Å²) in [6.07, 6.45) is 5.91. The van der Waals surface area contributed by atoms with Gasteiger partial charge in [-0.25, -0.2) is 4.39 Å². The van der Waals surface area contributed by atoms with Crippen LogP contribution >= 0.6 is 0 Å². The molecule has 1 unspecified atom stereocenters. The van der Waals surface area contributed by atoms with Crippen molar-refractivity contribution in [2.45, 2.75) is 57.5 Å². The lowest BCUT2D eigenvalue weighted by molar-refractivity contribution is -0.0546. The molecule has 0 aromatic heterocycles. The van der Waals surface area contributed by atoms with Crippen LogP contribution in [0.4, 0.5) is 4.39 Å². The normalized spacial score (nSPS) is 38.5. The number of phenolic OH excluding ortho intramolecular Hbond substituents is 1. The second-order valence-corrected chi connectivity index (χ2v) is 8.87. The van der Waals surface area contributed by atoms with Crippen molar-refractivity contribution in [3.8, 4) is 5.75 Å². The van der Waals surface area contributed by atoms with Crippen molar-refractivity contribution in [3.63, 3.8) is 0 Å². The van der Waals surface area contributed by atoms with Crippen molar-refractivity contribution in [1.29, 1.82) is 0 Å². The molecule has 6 atom stereocenters. The van der Waals surface area contributed by atoms with Gasteiger partial charge in [-0.15, -0.1) is 0 Å². The van der Waals surface area contributed by atoms with Gasteiger partial charge in [0.2, 0.25) is 0 Å². The molecule has 0 bridgehead atoms. The van der Waals surface area contributed by atoms with E-state index >= 15 is 0 Å². The van der Waals surface area contributed by atoms with Crippen LogP contribution in [0.2, 0.25) is 0 Å². The van der Waals surface area contributed by atoms with Gasteiger partial charge in [0.25, 0.3) is 0 Å². The number of rotatable bonds is 5. The smallest absolute Gasteiger partial charge is 0.115 e. The van der Waals surface area contributed by atoms with E-state index in [4.69, 9.17) is 4.74 Å². The molecule has 0 radical (unpaired) electrons. The highest BCUT2D eigenvalue weighted by Crippen LogP contribution is 2.63. The van der Waals surface area contributed by atoms with Gasteiger partial charge in [-0.05, 0) is 90.9 Å². The Kier molecular flexibility index (Phi) is 5.00. The van der Waals surface area contributed by atoms with Gasteiger partial charge >= 0.3 is 0 Å². The van der Waals surface area contributed by atoms with Gasteiger partial charge in [-0.2, -0.15) is 0 Å². The summed E-state index contributed by atoms with van der Waals surface area (Å²) in [4.78, 5) is 0. The molecular weight excluding hydrogens is 331 g/mol. The van der Waals surface area contributed by atoms with Gasteiger partial charge in [0, 0.05) is 6.61 Å². The first kappa shape index (κ1) is 18.2. The fraction of sp³-hybridized carbons (Fsp3) is 0.727. The van der Waals surface area contributed by atoms with E-state index in [1.807, 2.05) is 12.1 Å². The van der Waals surface area contributed by atoms with Gasteiger partial charge in [0.15, 0.2) is 0 Å². The van der Waals surface area contributed by atoms with Gasteiger partial charge in [-0.1, -0.05) is 13.0 Å². The maximum absolute atomic E-state index is 12.4. The fourth-order valence-electron chi connectivity index (χ4n) is 6.52. The first-order valence-electron chi connectivity index (χ1n) is 10.2. The van der Waals surface area contributed by atoms with Crippen molar-refractivity contribution in [3.05, 3.63) is 29.3 Å². The summed E-state index contributed by atoms with van der Waals surface area (Å²) >= 11 is 0. The molecule has 26 heavy (non-hydrogen) atoms. The van der Waals surface area contributed by atoms with Gasteiger partial charge in [-0.3, -0.25) is 0 Å². The van der Waals surface area contributed by atoms with Crippen LogP contribution in [0.5, 0.6) is 5.75 Å². The van der Waals surface area contributed by atoms with Crippen molar-refractivity contribution in [2.75, 3.05) is 19.9 Å². The minimum atomic E-state index is -0.433. The highest BCUT2D eigenvalue weighted by atomic mass is 19.1. The highest BCUT2D eigenvalue weighted by Gasteiger charge is 2.57. The standard InChI is InChI=1S/C22H31FO3/c1-22-13-15(8-10-26-11-9-23)21-17-5-3-16(24)12-14(17)2-4-18(21)19(22)6-7-20(22)25/h3,5,12,15,18-21,24-25H,2,4,6-11,13H2,1H3/t15-,18-,19-,20?,21+,22-/m0/s1. The number of aliphatic hydroxyl groups is 1. The third kappa shape index (κ3) is 2.95. The van der Waals surface area contributed by atoms with Crippen molar-refractivity contribution in [1.82, 2.24) is 0 Å². The number of hydrogen-bond donors (Lipinski definition) is 2. The van der Waals surface area contributed by atoms with E-state index in [1.165, 1.54) is 11.1 Å². The Morgan fingerprint density at radius 3 is 2.88 bits per heavy atom. The Labute approximate surface area is 155 Å². The Morgan fingerprint density at radius 1 is 1.23 bits per heavy atom. The van der Waals surface area contributed by atoms with Crippen LogP contribution < -0.4 is 0 Å². The molecule has 1 aromatic rings. The zero-order valence-electron chi connectivity index (χ0n) is 15.7. The number of aromatic hydroxyl groups is 1. The molecule has 0 amide bonds. The Hall–Kier alpha value is -1.13. The quantitative estimate of drug-likeness (QED) is 0.772. The van der Waals surface area contributed by atoms with E-state index in [0.29, 0.717) is 36.0 Å². The lowest BCUT2D eigenvalue weighted by Crippen LogP contribution is -2.48. The number of aryl methyl sites for hydroxylation is 1. The van der Waals surface area contributed by atoms with Crippen LogP contribution in [0.1, 0.15) is 56.1 Å². The first-order valence-corrected chi connectivity index (χ1v) is 10.2. The molecule has 2 fully saturated rings. The van der Waals surface area contributed by atoms with Crippen LogP contribution in [0.25, 0.3) is 0 Å². The molecule has 144 valence electrons. The maximum Gasteiger partial charge on any atom is 0.115 e. The molecule has 0 saturated heterocycles. The van der Waals surface area contributed by atoms with Crippen LogP contribution in [0, 0.1) is 23.2 Å². The summed E-state index contributed by atoms with van der Waals surface area (Å²) in [5, 5.41) is 20.6. The number of hydrogen-bond acceptors (Lipinski definition) is 3. The second-order valence-electron chi connectivity index (χ2n) is 8.87. The van der Waals surface area contributed by atoms with Crippen LogP contribution in [-0.2, 0) is 11.2 Å². The molecule has 3 aliphatic carbocycles. The zero-order chi connectivity index (χ0) is 18.3. The predicted octanol–water partition coefficient (Wildman–Crippen LogP) is 4.21. The van der Waals surface area contributed by atoms with Crippen LogP contribution in [-0.4, -0.2) is 36.2 Å². The average Bonchev–Trinajstić information content (AvgIpc) is 2.93. The Morgan fingerprint density at radius 2 is 2.08 bits per heavy atom. The maximum atomic E-state index is 12.4. The molecule has 4 heteroatoms. The molecule has 0 aliphatic heterocycles. The summed E-state index contributed by atoms with van der Waals surface area (Å²) in [5.41, 5.74) is 2.67. The van der Waals surface area contributed by atoms with E-state index in [0.717, 1.165) is 38.5 Å². The molecular formula is C22H31FO3. The molecule has 2 N–H and O–H groups in total. The fourth-order valence-corrected chi connectivity index (χ4v) is 6.52. The third-order valence-electron chi connectivity index (χ3n) is 7.63. The summed E-state index contributed by atoms with van der Waals surface area (Å²) in [6, 6.07) is 5.86. The number of phenols is 1. The van der Waals surface area contributed by atoms with Crippen molar-refractivity contribution in [2.24, 2.45) is 23.2 Å². The summed E-state index contributed by atoms with van der Waals surface area (Å²) in [7, 11) is 0. The number of aliphatic hydroxyl groups excluding tert-OH is 1. The van der Waals surface area contributed by atoms with Crippen molar-refractivity contribution >= 4 is 0 Å². The molecule has 0 heterocycles. The Bertz CT molecular complexity index is 648. The van der Waals surface area contributed by atoms with Crippen LogP contribution in [0.15, 0.2) is 18.2 Å². The van der Waals surface area contributed by atoms with Crippen molar-refractivity contribution < 1.29 is 19.3 Å². The van der Waals surface area contributed by atoms with Gasteiger partial charge in [0.05, 0.1) is 12.7 Å². The van der Waals surface area contributed by atoms with E-state index in [2.05, 4.69) is 13.0 Å². The largest absolute Gasteiger partial charge is 0.508 e. The molecule has 3 nitrogen and oxygen atoms in total. The lowest BCUT2D eigenvalue weighted by atomic mass is 9.51. The minimum absolute atomic E-state index is 0.000343. The molecule has 1 aromatic carbocycles. The summed E-state index contributed by atoms with van der Waals surface area (Å²) in [5.74, 6) is 2.43. The second kappa shape index (κ2) is 7.12. The Balaban J connectivity index is 1.65. The number of ether oxygens (including phenoxy) is 1. The molecule has 2 saturated carbocycles. The topological polar surface area (TPSA) is 49.7 Å². The van der Waals surface area contributed by atoms with E-state index in [1.54, 1.807) is 0 Å². The van der Waals surface area contributed by atoms with Gasteiger partial charge < -0.3 is 14.9 Å². The summed E-state index contributed by atoms with van der Waals surface area (Å²) in [6.45, 7) is 2.61. The molecule has 4 rings (SSSR count). The number of halogens is 1. The van der Waals surface area contributed by atoms with Crippen LogP contribution in [0.3, 0.4) is 0 Å². The minimum Gasteiger partial charge on any atom is -0.508 e.